The quantitative estimate of drug-likeness (QED) is 0.171. The van der Waals surface area contributed by atoms with Crippen molar-refractivity contribution in [3.05, 3.63) is 0 Å². The Kier molecular flexibility index (Phi) is 31.1. The lowest BCUT2D eigenvalue weighted by Gasteiger charge is -2.33. The molecule has 6 aliphatic rings. The van der Waals surface area contributed by atoms with Gasteiger partial charge in [0.15, 0.2) is 0 Å². The van der Waals surface area contributed by atoms with Gasteiger partial charge in [0.25, 0.3) is 0 Å². The molecule has 12 heteroatoms. The predicted octanol–water partition coefficient (Wildman–Crippen LogP) is -12.4. The molecule has 0 aromatic heterocycles. The first kappa shape index (κ1) is 58.0. The van der Waals surface area contributed by atoms with Gasteiger partial charge in [-0.3, -0.25) is 0 Å². The Morgan fingerprint density at radius 1 is 0.216 bits per heavy atom. The van der Waals surface area contributed by atoms with Crippen molar-refractivity contribution >= 4 is 0 Å². The fraction of sp³-hybridized carbons (Fsp3) is 1.00. The van der Waals surface area contributed by atoms with Gasteiger partial charge in [-0.1, -0.05) is 0 Å². The van der Waals surface area contributed by atoms with Crippen LogP contribution in [0.4, 0.5) is 0 Å². The fourth-order valence-corrected chi connectivity index (χ4v) is 10.4. The van der Waals surface area contributed by atoms with E-state index in [-0.39, 0.29) is 102 Å². The molecule has 6 fully saturated rings. The fourth-order valence-electron chi connectivity index (χ4n) is 10.4. The Morgan fingerprint density at radius 2 is 0.314 bits per heavy atom. The van der Waals surface area contributed by atoms with Gasteiger partial charge >= 0.3 is 0 Å². The number of hydrogen-bond donors (Lipinski definition) is 0. The van der Waals surface area contributed by atoms with Crippen molar-refractivity contribution in [3.63, 3.8) is 0 Å². The van der Waals surface area contributed by atoms with Crippen molar-refractivity contribution in [1.82, 2.24) is 0 Å². The maximum Gasteiger partial charge on any atom is 0.0838 e. The molecule has 6 heterocycles. The van der Waals surface area contributed by atoms with E-state index in [4.69, 9.17) is 0 Å². The van der Waals surface area contributed by atoms with E-state index < -0.39 is 0 Å². The van der Waals surface area contributed by atoms with Crippen molar-refractivity contribution < 1.29 is 129 Å². The number of nitrogens with zero attached hydrogens (tertiary/aromatic N) is 6. The highest BCUT2D eigenvalue weighted by molar-refractivity contribution is 4.58. The van der Waals surface area contributed by atoms with E-state index >= 15 is 0 Å². The maximum atomic E-state index is 2.46. The van der Waals surface area contributed by atoms with Crippen LogP contribution in [-0.4, -0.2) is 187 Å². The van der Waals surface area contributed by atoms with E-state index in [1.54, 1.807) is 0 Å². The first-order valence-corrected chi connectivity index (χ1v) is 20.4. The standard InChI is InChI=1S/3C13H28N2.6BrH/c3*1-14(8-3-4-9-14)12-7-13-15(2)10-5-6-11-15;;;;;;/h3*3-13H2,1-2H3;6*1H/q3*+2;;;;;;/p-6. The van der Waals surface area contributed by atoms with Gasteiger partial charge in [0.05, 0.1) is 160 Å². The summed E-state index contributed by atoms with van der Waals surface area (Å²) in [7, 11) is 14.7. The summed E-state index contributed by atoms with van der Waals surface area (Å²) < 4.78 is 8.17. The zero-order valence-electron chi connectivity index (χ0n) is 34.3. The van der Waals surface area contributed by atoms with Crippen molar-refractivity contribution in [2.45, 2.75) is 96.3 Å². The SMILES string of the molecule is C[N+]1(CCC[N+]2(C)CCCC2)CCCC1.C[N+]1(CCC[N+]2(C)CCCC2)CCCC1.C[N+]1(CCC[N+]2(C)CCCC2)CCCC1.[Br-].[Br-].[Br-].[Br-].[Br-].[Br-]. The van der Waals surface area contributed by atoms with Crippen molar-refractivity contribution in [1.29, 1.82) is 0 Å². The molecule has 0 saturated carbocycles. The van der Waals surface area contributed by atoms with Crippen LogP contribution >= 0.6 is 0 Å². The van der Waals surface area contributed by atoms with E-state index in [1.165, 1.54) is 241 Å². The Bertz CT molecular complexity index is 672. The Hall–Kier alpha value is 2.64. The van der Waals surface area contributed by atoms with Crippen LogP contribution in [0.1, 0.15) is 96.3 Å². The number of likely N-dealkylation sites (tertiary alicyclic amines) is 6. The second-order valence-corrected chi connectivity index (χ2v) is 19.0. The third-order valence-corrected chi connectivity index (χ3v) is 14.1. The molecule has 312 valence electrons. The van der Waals surface area contributed by atoms with Gasteiger partial charge in [-0.05, 0) is 0 Å². The van der Waals surface area contributed by atoms with Gasteiger partial charge in [-0.2, -0.15) is 0 Å². The minimum Gasteiger partial charge on any atom is -1.00 e. The minimum absolute atomic E-state index is 0. The molecule has 0 aliphatic carbocycles. The van der Waals surface area contributed by atoms with Gasteiger partial charge in [-0.25, -0.2) is 0 Å². The molecule has 0 aromatic carbocycles. The summed E-state index contributed by atoms with van der Waals surface area (Å²) in [6, 6.07) is 0. The first-order valence-electron chi connectivity index (χ1n) is 20.4. The summed E-state index contributed by atoms with van der Waals surface area (Å²) >= 11 is 0. The summed E-state index contributed by atoms with van der Waals surface area (Å²) in [4.78, 5) is 0. The molecule has 0 radical (unpaired) electrons. The van der Waals surface area contributed by atoms with E-state index in [9.17, 15) is 0 Å². The third-order valence-electron chi connectivity index (χ3n) is 14.1. The lowest BCUT2D eigenvalue weighted by atomic mass is 10.3. The predicted molar refractivity (Wildman–Crippen MR) is 194 cm³/mol. The monoisotopic (exact) mass is 1110 g/mol. The number of rotatable bonds is 12. The number of quaternary nitrogens is 6. The van der Waals surface area contributed by atoms with Crippen LogP contribution in [0.3, 0.4) is 0 Å². The Balaban J connectivity index is -0.000000640. The second-order valence-electron chi connectivity index (χ2n) is 19.0. The normalized spacial score (nSPS) is 25.1. The Morgan fingerprint density at radius 3 is 0.412 bits per heavy atom. The zero-order valence-corrected chi connectivity index (χ0v) is 43.8. The topological polar surface area (TPSA) is 0 Å². The number of halogens is 6. The molecule has 6 rings (SSSR count). The van der Waals surface area contributed by atoms with E-state index in [1.807, 2.05) is 0 Å². The van der Waals surface area contributed by atoms with Crippen LogP contribution < -0.4 is 102 Å². The summed E-state index contributed by atoms with van der Waals surface area (Å²) in [6.07, 6.45) is 21.8. The average molecular weight is 1120 g/mol. The van der Waals surface area contributed by atoms with Crippen LogP contribution in [0.25, 0.3) is 0 Å². The molecule has 0 aromatic rings. The molecule has 6 aliphatic heterocycles. The van der Waals surface area contributed by atoms with Crippen molar-refractivity contribution in [2.24, 2.45) is 0 Å². The molecule has 6 saturated heterocycles. The molecule has 6 nitrogen and oxygen atoms in total. The van der Waals surface area contributed by atoms with Crippen LogP contribution in [0.5, 0.6) is 0 Å². The van der Waals surface area contributed by atoms with Crippen molar-refractivity contribution in [2.75, 3.05) is 160 Å². The highest BCUT2D eigenvalue weighted by Gasteiger charge is 2.33. The van der Waals surface area contributed by atoms with Gasteiger partial charge < -0.3 is 129 Å². The molecule has 51 heavy (non-hydrogen) atoms. The maximum absolute atomic E-state index is 2.46. The van der Waals surface area contributed by atoms with Gasteiger partial charge in [0.2, 0.25) is 0 Å². The average Bonchev–Trinajstić information content (AvgIpc) is 3.83. The van der Waals surface area contributed by atoms with Crippen LogP contribution in [0.2, 0.25) is 0 Å². The van der Waals surface area contributed by atoms with Gasteiger partial charge in [0.1, 0.15) is 0 Å². The minimum atomic E-state index is 0. The van der Waals surface area contributed by atoms with Crippen LogP contribution in [-0.2, 0) is 0 Å². The smallest absolute Gasteiger partial charge is 0.0838 e. The molecule has 0 spiro atoms. The highest BCUT2D eigenvalue weighted by Crippen LogP contribution is 2.23. The molecule has 0 bridgehead atoms. The van der Waals surface area contributed by atoms with Gasteiger partial charge in [0, 0.05) is 96.3 Å². The van der Waals surface area contributed by atoms with E-state index in [0.717, 1.165) is 0 Å². The van der Waals surface area contributed by atoms with Crippen LogP contribution in [0, 0.1) is 0 Å². The molecule has 0 amide bonds. The summed E-state index contributed by atoms with van der Waals surface area (Å²) in [6.45, 7) is 25.8. The summed E-state index contributed by atoms with van der Waals surface area (Å²) in [5, 5.41) is 0. The second kappa shape index (κ2) is 27.4. The van der Waals surface area contributed by atoms with E-state index in [2.05, 4.69) is 42.3 Å². The first-order chi connectivity index (χ1) is 21.4. The highest BCUT2D eigenvalue weighted by atomic mass is 79.9. The largest absolute Gasteiger partial charge is 1.00 e. The summed E-state index contributed by atoms with van der Waals surface area (Å²) in [5.41, 5.74) is 0. The zero-order chi connectivity index (χ0) is 32.3. The molecule has 0 N–H and O–H groups in total. The summed E-state index contributed by atoms with van der Waals surface area (Å²) in [5.74, 6) is 0. The molecular weight excluding hydrogens is 1030 g/mol. The van der Waals surface area contributed by atoms with E-state index in [0.29, 0.717) is 0 Å². The molecule has 0 atom stereocenters. The lowest BCUT2D eigenvalue weighted by Crippen LogP contribution is -3.00. The van der Waals surface area contributed by atoms with Gasteiger partial charge in [-0.15, -0.1) is 0 Å². The Labute approximate surface area is 381 Å². The third kappa shape index (κ3) is 20.8. The number of hydrogen-bond acceptors (Lipinski definition) is 0. The molecular formula is C39H84Br6N6. The van der Waals surface area contributed by atoms with Crippen LogP contribution in [0.15, 0.2) is 0 Å². The van der Waals surface area contributed by atoms with Crippen molar-refractivity contribution in [3.8, 4) is 0 Å². The molecule has 0 unspecified atom stereocenters. The lowest BCUT2D eigenvalue weighted by molar-refractivity contribution is -0.916.